The molecule has 2 rings (SSSR count). The number of hydrogen-bond acceptors (Lipinski definition) is 4. The van der Waals surface area contributed by atoms with Gasteiger partial charge < -0.3 is 10.6 Å². The van der Waals surface area contributed by atoms with Crippen LogP contribution in [-0.2, 0) is 4.79 Å². The second-order valence-electron chi connectivity index (χ2n) is 4.20. The molecule has 1 unspecified atom stereocenters. The molecule has 1 saturated heterocycles. The van der Waals surface area contributed by atoms with Crippen molar-refractivity contribution in [3.05, 3.63) is 16.6 Å². The highest BCUT2D eigenvalue weighted by Crippen LogP contribution is 2.32. The summed E-state index contributed by atoms with van der Waals surface area (Å²) >= 11 is 1.62. The molecule has 0 radical (unpaired) electrons. The van der Waals surface area contributed by atoms with Crippen molar-refractivity contribution in [3.8, 4) is 0 Å². The van der Waals surface area contributed by atoms with Crippen LogP contribution < -0.4 is 5.73 Å². The minimum absolute atomic E-state index is 0. The molecule has 0 aliphatic carbocycles. The van der Waals surface area contributed by atoms with Crippen LogP contribution in [0.5, 0.6) is 0 Å². The monoisotopic (exact) mass is 311 g/mol. The highest BCUT2D eigenvalue weighted by molar-refractivity contribution is 7.09. The summed E-state index contributed by atoms with van der Waals surface area (Å²) in [5.74, 6) is 0.0416. The first kappa shape index (κ1) is 17.6. The lowest BCUT2D eigenvalue weighted by molar-refractivity contribution is -0.136. The van der Waals surface area contributed by atoms with Gasteiger partial charge in [-0.15, -0.1) is 36.2 Å². The first-order valence-electron chi connectivity index (χ1n) is 5.65. The molecule has 18 heavy (non-hydrogen) atoms. The largest absolute Gasteiger partial charge is 0.332 e. The van der Waals surface area contributed by atoms with Crippen LogP contribution in [0.3, 0.4) is 0 Å². The number of rotatable bonds is 2. The smallest absolute Gasteiger partial charge is 0.239 e. The van der Waals surface area contributed by atoms with Gasteiger partial charge in [-0.2, -0.15) is 0 Å². The average molecular weight is 312 g/mol. The zero-order chi connectivity index (χ0) is 11.5. The Hall–Kier alpha value is -0.360. The summed E-state index contributed by atoms with van der Waals surface area (Å²) < 4.78 is 0. The van der Waals surface area contributed by atoms with Crippen LogP contribution in [0.25, 0.3) is 0 Å². The van der Waals surface area contributed by atoms with Crippen LogP contribution in [0.2, 0.25) is 0 Å². The normalized spacial score (nSPS) is 20.6. The third kappa shape index (κ3) is 3.82. The predicted octanol–water partition coefficient (Wildman–Crippen LogP) is 2.39. The first-order chi connectivity index (χ1) is 7.70. The summed E-state index contributed by atoms with van der Waals surface area (Å²) in [6, 6.07) is -0.271. The van der Waals surface area contributed by atoms with E-state index in [4.69, 9.17) is 5.73 Å². The van der Waals surface area contributed by atoms with Gasteiger partial charge in [-0.05, 0) is 26.2 Å². The summed E-state index contributed by atoms with van der Waals surface area (Å²) in [5, 5.41) is 2.99. The third-order valence-electron chi connectivity index (χ3n) is 2.91. The topological polar surface area (TPSA) is 59.2 Å². The summed E-state index contributed by atoms with van der Waals surface area (Å²) in [7, 11) is 0. The van der Waals surface area contributed by atoms with Crippen LogP contribution in [0.15, 0.2) is 11.6 Å². The first-order valence-corrected chi connectivity index (χ1v) is 6.53. The van der Waals surface area contributed by atoms with E-state index in [1.807, 2.05) is 10.3 Å². The number of aromatic nitrogens is 1. The number of likely N-dealkylation sites (tertiary alicyclic amines) is 1. The van der Waals surface area contributed by atoms with Crippen molar-refractivity contribution in [2.75, 3.05) is 6.54 Å². The van der Waals surface area contributed by atoms with Gasteiger partial charge in [0.25, 0.3) is 0 Å². The van der Waals surface area contributed by atoms with Crippen molar-refractivity contribution in [1.29, 1.82) is 0 Å². The van der Waals surface area contributed by atoms with Gasteiger partial charge in [-0.1, -0.05) is 0 Å². The van der Waals surface area contributed by atoms with Gasteiger partial charge in [0.2, 0.25) is 5.91 Å². The maximum absolute atomic E-state index is 12.0. The van der Waals surface area contributed by atoms with E-state index in [0.717, 1.165) is 30.8 Å². The molecule has 1 aliphatic rings. The van der Waals surface area contributed by atoms with E-state index in [1.165, 1.54) is 0 Å². The Morgan fingerprint density at radius 2 is 2.28 bits per heavy atom. The molecule has 1 aromatic rings. The van der Waals surface area contributed by atoms with Gasteiger partial charge in [0.05, 0.1) is 12.1 Å². The number of amides is 1. The molecule has 1 amide bonds. The number of thiazole rings is 1. The van der Waals surface area contributed by atoms with Crippen molar-refractivity contribution < 1.29 is 4.79 Å². The molecule has 2 heterocycles. The van der Waals surface area contributed by atoms with Gasteiger partial charge in [0, 0.05) is 18.1 Å². The molecule has 0 aromatic carbocycles. The summed E-state index contributed by atoms with van der Waals surface area (Å²) in [6.45, 7) is 2.56. The number of carbonyl (C=O) groups is 1. The molecule has 1 fully saturated rings. The lowest BCUT2D eigenvalue weighted by Crippen LogP contribution is -2.46. The van der Waals surface area contributed by atoms with Gasteiger partial charge in [-0.3, -0.25) is 4.79 Å². The third-order valence-corrected chi connectivity index (χ3v) is 3.79. The quantitative estimate of drug-likeness (QED) is 0.912. The Morgan fingerprint density at radius 1 is 1.56 bits per heavy atom. The van der Waals surface area contributed by atoms with Crippen LogP contribution in [-0.4, -0.2) is 28.4 Å². The van der Waals surface area contributed by atoms with Crippen LogP contribution in [0.4, 0.5) is 0 Å². The second-order valence-corrected chi connectivity index (χ2v) is 5.13. The maximum Gasteiger partial charge on any atom is 0.239 e. The van der Waals surface area contributed by atoms with Gasteiger partial charge in [0.15, 0.2) is 0 Å². The molecule has 7 heteroatoms. The average Bonchev–Trinajstić information content (AvgIpc) is 2.81. The Morgan fingerprint density at radius 3 is 2.83 bits per heavy atom. The Labute approximate surface area is 124 Å². The van der Waals surface area contributed by atoms with E-state index in [1.54, 1.807) is 24.5 Å². The fourth-order valence-corrected chi connectivity index (χ4v) is 2.90. The molecule has 4 nitrogen and oxygen atoms in total. The molecular formula is C11H19Cl2N3OS. The molecule has 1 aliphatic heterocycles. The Kier molecular flexibility index (Phi) is 7.78. The highest BCUT2D eigenvalue weighted by Gasteiger charge is 2.30. The number of nitrogens with two attached hydrogens (primary N) is 1. The van der Waals surface area contributed by atoms with Crippen LogP contribution in [0.1, 0.15) is 37.2 Å². The molecule has 1 aromatic heterocycles. The standard InChI is InChI=1S/C11H17N3OS.2ClH/c1-8(12)11(15)14-6-3-2-4-9(14)10-13-5-7-16-10;;/h5,7-9H,2-4,6,12H2,1H3;2*1H/t8-,9?;;/m1../s1. The lowest BCUT2D eigenvalue weighted by Gasteiger charge is -2.35. The summed E-state index contributed by atoms with van der Waals surface area (Å²) in [4.78, 5) is 18.2. The second kappa shape index (κ2) is 7.94. The van der Waals surface area contributed by atoms with E-state index in [0.29, 0.717) is 0 Å². The lowest BCUT2D eigenvalue weighted by atomic mass is 10.0. The van der Waals surface area contributed by atoms with Crippen LogP contribution >= 0.6 is 36.2 Å². The fourth-order valence-electron chi connectivity index (χ4n) is 2.11. The highest BCUT2D eigenvalue weighted by atomic mass is 35.5. The van der Waals surface area contributed by atoms with Gasteiger partial charge in [-0.25, -0.2) is 4.98 Å². The maximum atomic E-state index is 12.0. The molecule has 0 saturated carbocycles. The van der Waals surface area contributed by atoms with E-state index in [2.05, 4.69) is 4.98 Å². The van der Waals surface area contributed by atoms with Crippen molar-refractivity contribution in [3.63, 3.8) is 0 Å². The molecule has 104 valence electrons. The Balaban J connectivity index is 0.00000144. The number of piperidine rings is 1. The number of nitrogens with zero attached hydrogens (tertiary/aromatic N) is 2. The molecular weight excluding hydrogens is 293 g/mol. The van der Waals surface area contributed by atoms with Gasteiger partial charge >= 0.3 is 0 Å². The fraction of sp³-hybridized carbons (Fsp3) is 0.636. The number of carbonyl (C=O) groups excluding carboxylic acids is 1. The van der Waals surface area contributed by atoms with Crippen molar-refractivity contribution in [1.82, 2.24) is 9.88 Å². The van der Waals surface area contributed by atoms with E-state index >= 15 is 0 Å². The Bertz CT molecular complexity index is 359. The van der Waals surface area contributed by atoms with E-state index in [-0.39, 0.29) is 36.8 Å². The predicted molar refractivity (Wildman–Crippen MR) is 78.6 cm³/mol. The van der Waals surface area contributed by atoms with Crippen molar-refractivity contribution >= 4 is 42.1 Å². The summed E-state index contributed by atoms with van der Waals surface area (Å²) in [5.41, 5.74) is 5.67. The molecule has 2 atom stereocenters. The minimum Gasteiger partial charge on any atom is -0.332 e. The molecule has 2 N–H and O–H groups in total. The van der Waals surface area contributed by atoms with E-state index < -0.39 is 6.04 Å². The zero-order valence-corrected chi connectivity index (χ0v) is 12.7. The molecule has 0 spiro atoms. The molecule has 0 bridgehead atoms. The number of hydrogen-bond donors (Lipinski definition) is 1. The summed E-state index contributed by atoms with van der Waals surface area (Å²) in [6.07, 6.45) is 5.03. The van der Waals surface area contributed by atoms with E-state index in [9.17, 15) is 4.79 Å². The van der Waals surface area contributed by atoms with Crippen molar-refractivity contribution in [2.24, 2.45) is 5.73 Å². The van der Waals surface area contributed by atoms with Crippen LogP contribution in [0, 0.1) is 0 Å². The van der Waals surface area contributed by atoms with Crippen molar-refractivity contribution in [2.45, 2.75) is 38.3 Å². The minimum atomic E-state index is -0.416. The van der Waals surface area contributed by atoms with Gasteiger partial charge in [0.1, 0.15) is 5.01 Å². The SMILES string of the molecule is C[C@@H](N)C(=O)N1CCCCC1c1nccs1.Cl.Cl. The number of halogens is 2. The zero-order valence-electron chi connectivity index (χ0n) is 10.2.